The van der Waals surface area contributed by atoms with E-state index in [0.29, 0.717) is 48.9 Å². The van der Waals surface area contributed by atoms with E-state index >= 15 is 0 Å². The molecule has 2 aromatic carbocycles. The van der Waals surface area contributed by atoms with Gasteiger partial charge in [-0.2, -0.15) is 0 Å². The van der Waals surface area contributed by atoms with E-state index in [1.807, 2.05) is 71.3 Å². The first-order valence-corrected chi connectivity index (χ1v) is 19.2. The summed E-state index contributed by atoms with van der Waals surface area (Å²) in [6, 6.07) is 17.9. The van der Waals surface area contributed by atoms with Crippen molar-refractivity contribution in [3.63, 3.8) is 0 Å². The zero-order valence-corrected chi connectivity index (χ0v) is 33.9. The van der Waals surface area contributed by atoms with Gasteiger partial charge in [0.25, 0.3) is 6.47 Å². The van der Waals surface area contributed by atoms with E-state index in [9.17, 15) is 14.4 Å². The third-order valence-electron chi connectivity index (χ3n) is 9.34. The lowest BCUT2D eigenvalue weighted by molar-refractivity contribution is -0.127. The fourth-order valence-corrected chi connectivity index (χ4v) is 6.66. The number of anilines is 1. The number of alkyl carbamates (subject to hydrolysis) is 1. The smallest absolute Gasteiger partial charge is 0.407 e. The third-order valence-corrected chi connectivity index (χ3v) is 9.51. The van der Waals surface area contributed by atoms with E-state index in [1.165, 1.54) is 0 Å². The molecule has 15 nitrogen and oxygen atoms in total. The van der Waals surface area contributed by atoms with Crippen LogP contribution in [-0.2, 0) is 25.5 Å². The fourth-order valence-electron chi connectivity index (χ4n) is 6.53. The predicted octanol–water partition coefficient (Wildman–Crippen LogP) is 5.98. The number of amides is 3. The second kappa shape index (κ2) is 21.1. The van der Waals surface area contributed by atoms with Gasteiger partial charge in [-0.25, -0.2) is 9.78 Å². The Morgan fingerprint density at radius 3 is 2.16 bits per heavy atom. The van der Waals surface area contributed by atoms with Crippen LogP contribution in [0.1, 0.15) is 58.4 Å². The number of hydrogen-bond acceptors (Lipinski definition) is 10. The highest BCUT2D eigenvalue weighted by Crippen LogP contribution is 2.33. The van der Waals surface area contributed by atoms with Gasteiger partial charge < -0.3 is 35.5 Å². The van der Waals surface area contributed by atoms with Crippen molar-refractivity contribution >= 4 is 41.7 Å². The number of hydrogen-bond donors (Lipinski definition) is 4. The molecule has 1 atom stereocenters. The molecule has 0 bridgehead atoms. The zero-order chi connectivity index (χ0) is 41.5. The summed E-state index contributed by atoms with van der Waals surface area (Å²) in [5, 5.41) is 17.8. The maximum absolute atomic E-state index is 14.5. The normalized spacial score (nSPS) is 15.8. The lowest BCUT2D eigenvalue weighted by atomic mass is 9.81. The van der Waals surface area contributed by atoms with Crippen LogP contribution in [0.5, 0.6) is 5.88 Å². The molecule has 1 aliphatic carbocycles. The number of rotatable bonds is 15. The molecule has 1 aliphatic rings. The Kier molecular flexibility index (Phi) is 16.4. The monoisotopic (exact) mass is 804 g/mol. The maximum atomic E-state index is 14.5. The number of nitrogens with one attached hydrogen (secondary N) is 2. The molecule has 2 heterocycles. The summed E-state index contributed by atoms with van der Waals surface area (Å²) in [7, 11) is 4.06. The van der Waals surface area contributed by atoms with Crippen molar-refractivity contribution in [3.05, 3.63) is 77.7 Å². The molecule has 0 spiro atoms. The highest BCUT2D eigenvalue weighted by atomic mass is 35.5. The van der Waals surface area contributed by atoms with Gasteiger partial charge in [-0.05, 0) is 126 Å². The standard InChI is InChI=1S/C40H51ClN8O5.CH2O2/c1-40(2,3)54-39(52)44-24-27-9-13-30(14-10-27)37(51)49(32-18-15-29(16-19-32)36-45-38(41)47-46-36)33(35(42)50)23-26-7-11-28(12-8-26)31-17-20-34(43-25-31)53-22-6-21-48(4)5;2-1-3/h7-8,11-12,15-20,25,27,30,33H,6,9-10,13-14,21-24H2,1-5H3,(H2,42,50)(H,44,52)(H,45,46,47);1H,(H,2,3)/t27-,30-,33-;/m0./s1. The summed E-state index contributed by atoms with van der Waals surface area (Å²) in [6.07, 6.45) is 5.16. The lowest BCUT2D eigenvalue weighted by Crippen LogP contribution is -2.52. The van der Waals surface area contributed by atoms with Gasteiger partial charge in [0, 0.05) is 54.5 Å². The first-order valence-electron chi connectivity index (χ1n) is 18.9. The van der Waals surface area contributed by atoms with Gasteiger partial charge in [-0.3, -0.25) is 19.3 Å². The molecule has 306 valence electrons. The topological polar surface area (TPSA) is 206 Å². The first-order chi connectivity index (χ1) is 27.2. The number of carboxylic acid groups (broad SMARTS) is 1. The molecule has 5 rings (SSSR count). The van der Waals surface area contributed by atoms with Gasteiger partial charge in [-0.1, -0.05) is 24.3 Å². The molecule has 0 saturated heterocycles. The zero-order valence-electron chi connectivity index (χ0n) is 33.1. The summed E-state index contributed by atoms with van der Waals surface area (Å²) in [6.45, 7) is 7.22. The van der Waals surface area contributed by atoms with Crippen molar-refractivity contribution in [1.29, 1.82) is 0 Å². The van der Waals surface area contributed by atoms with Gasteiger partial charge in [0.05, 0.1) is 6.61 Å². The molecule has 4 aromatic rings. The number of primary amides is 1. The number of carbonyl (C=O) groups is 4. The molecule has 16 heteroatoms. The second-order valence-electron chi connectivity index (χ2n) is 15.1. The van der Waals surface area contributed by atoms with Crippen LogP contribution in [0.15, 0.2) is 66.9 Å². The molecule has 3 amide bonds. The first kappa shape index (κ1) is 44.2. The average Bonchev–Trinajstić information content (AvgIpc) is 3.62. The summed E-state index contributed by atoms with van der Waals surface area (Å²) in [4.78, 5) is 59.3. The number of pyridine rings is 1. The number of H-pyrrole nitrogens is 1. The molecular formula is C41H53ClN8O7. The van der Waals surface area contributed by atoms with E-state index in [-0.39, 0.29) is 35.9 Å². The Morgan fingerprint density at radius 2 is 1.61 bits per heavy atom. The van der Waals surface area contributed by atoms with Crippen LogP contribution in [0.3, 0.4) is 0 Å². The maximum Gasteiger partial charge on any atom is 0.407 e. The fraction of sp³-hybridized carbons (Fsp3) is 0.439. The van der Waals surface area contributed by atoms with Gasteiger partial charge >= 0.3 is 6.09 Å². The number of aromatic nitrogens is 4. The summed E-state index contributed by atoms with van der Waals surface area (Å²) in [5.74, 6) is 0.157. The van der Waals surface area contributed by atoms with Crippen molar-refractivity contribution in [2.24, 2.45) is 17.6 Å². The van der Waals surface area contributed by atoms with Crippen LogP contribution in [-0.4, -0.2) is 100.0 Å². The minimum Gasteiger partial charge on any atom is -0.483 e. The molecule has 2 aromatic heterocycles. The van der Waals surface area contributed by atoms with Crippen LogP contribution in [0, 0.1) is 11.8 Å². The Balaban J connectivity index is 0.00000232. The SMILES string of the molecule is CN(C)CCCOc1ccc(-c2ccc(C[C@@H](C(N)=O)N(c3ccc(-c4nnc(Cl)[nH]4)cc3)C(=O)[C@H]3CC[C@H](CNC(=O)OC(C)(C)C)CC3)cc2)cn1.O=CO. The number of carbonyl (C=O) groups excluding carboxylic acids is 3. The highest BCUT2D eigenvalue weighted by Gasteiger charge is 2.36. The van der Waals surface area contributed by atoms with Crippen LogP contribution in [0.4, 0.5) is 10.5 Å². The van der Waals surface area contributed by atoms with E-state index in [2.05, 4.69) is 30.4 Å². The van der Waals surface area contributed by atoms with Gasteiger partial charge in [0.2, 0.25) is 23.0 Å². The Bertz CT molecular complexity index is 1890. The van der Waals surface area contributed by atoms with Crippen LogP contribution >= 0.6 is 11.6 Å². The predicted molar refractivity (Wildman–Crippen MR) is 218 cm³/mol. The minimum absolute atomic E-state index is 0.163. The van der Waals surface area contributed by atoms with Crippen molar-refractivity contribution in [2.45, 2.75) is 70.9 Å². The quantitative estimate of drug-likeness (QED) is 0.0813. The Labute approximate surface area is 338 Å². The number of nitrogens with two attached hydrogens (primary N) is 1. The van der Waals surface area contributed by atoms with Crippen LogP contribution in [0.25, 0.3) is 22.5 Å². The average molecular weight is 805 g/mol. The van der Waals surface area contributed by atoms with Crippen LogP contribution in [0.2, 0.25) is 5.28 Å². The Hall–Kier alpha value is -5.54. The third kappa shape index (κ3) is 13.9. The van der Waals surface area contributed by atoms with Gasteiger partial charge in [-0.15, -0.1) is 10.2 Å². The van der Waals surface area contributed by atoms with Crippen molar-refractivity contribution in [3.8, 4) is 28.4 Å². The summed E-state index contributed by atoms with van der Waals surface area (Å²) < 4.78 is 11.2. The largest absolute Gasteiger partial charge is 0.483 e. The molecule has 0 unspecified atom stereocenters. The van der Waals surface area contributed by atoms with Gasteiger partial charge in [0.15, 0.2) is 5.82 Å². The van der Waals surface area contributed by atoms with Crippen molar-refractivity contribution < 1.29 is 33.8 Å². The molecule has 0 radical (unpaired) electrons. The minimum atomic E-state index is -0.953. The second-order valence-corrected chi connectivity index (χ2v) is 15.5. The van der Waals surface area contributed by atoms with E-state index in [4.69, 9.17) is 36.7 Å². The number of nitrogens with zero attached hydrogens (tertiary/aromatic N) is 5. The van der Waals surface area contributed by atoms with Crippen LogP contribution < -0.4 is 20.7 Å². The summed E-state index contributed by atoms with van der Waals surface area (Å²) in [5.41, 5.74) is 9.50. The van der Waals surface area contributed by atoms with E-state index in [0.717, 1.165) is 42.5 Å². The number of ether oxygens (including phenoxy) is 2. The summed E-state index contributed by atoms with van der Waals surface area (Å²) >= 11 is 5.95. The number of halogens is 1. The molecule has 0 aliphatic heterocycles. The number of benzene rings is 2. The molecule has 5 N–H and O–H groups in total. The highest BCUT2D eigenvalue weighted by molar-refractivity contribution is 6.28. The molecular weight excluding hydrogens is 752 g/mol. The molecule has 1 fully saturated rings. The van der Waals surface area contributed by atoms with Gasteiger partial charge in [0.1, 0.15) is 11.6 Å². The lowest BCUT2D eigenvalue weighted by Gasteiger charge is -2.36. The van der Waals surface area contributed by atoms with E-state index < -0.39 is 23.6 Å². The molecule has 1 saturated carbocycles. The van der Waals surface area contributed by atoms with Crippen molar-refractivity contribution in [2.75, 3.05) is 38.7 Å². The molecule has 57 heavy (non-hydrogen) atoms. The van der Waals surface area contributed by atoms with Crippen molar-refractivity contribution in [1.82, 2.24) is 30.4 Å². The Morgan fingerprint density at radius 1 is 0.982 bits per heavy atom. The van der Waals surface area contributed by atoms with E-state index in [1.54, 1.807) is 35.4 Å². The number of aromatic amines is 1.